The van der Waals surface area contributed by atoms with E-state index >= 15 is 0 Å². The van der Waals surface area contributed by atoms with Crippen LogP contribution in [0.15, 0.2) is 41.8 Å². The number of hydrogen-bond acceptors (Lipinski definition) is 5. The molecule has 1 aromatic heterocycles. The SMILES string of the molecule is C[C@]1(c2cccc(C(N)=O)c2)NC(=O)N(CC(=O)NCCc2cccs2)C1=O. The molecule has 0 saturated carbocycles. The largest absolute Gasteiger partial charge is 0.366 e. The number of carbonyl (C=O) groups is 4. The van der Waals surface area contributed by atoms with Crippen molar-refractivity contribution in [3.63, 3.8) is 0 Å². The van der Waals surface area contributed by atoms with Crippen molar-refractivity contribution in [1.82, 2.24) is 15.5 Å². The van der Waals surface area contributed by atoms with E-state index in [1.54, 1.807) is 23.5 Å². The van der Waals surface area contributed by atoms with Crippen molar-refractivity contribution < 1.29 is 19.2 Å². The molecule has 0 radical (unpaired) electrons. The molecule has 5 amide bonds. The van der Waals surface area contributed by atoms with Crippen molar-refractivity contribution in [2.75, 3.05) is 13.1 Å². The third-order valence-electron chi connectivity index (χ3n) is 4.57. The molecular weight excluding hydrogens is 380 g/mol. The predicted octanol–water partition coefficient (Wildman–Crippen LogP) is 0.973. The first kappa shape index (κ1) is 19.6. The number of amides is 5. The minimum atomic E-state index is -1.38. The Morgan fingerprint density at radius 1 is 1.25 bits per heavy atom. The average Bonchev–Trinajstić information content (AvgIpc) is 3.25. The Bertz CT molecular complexity index is 928. The molecule has 3 rings (SSSR count). The number of imide groups is 1. The molecule has 1 fully saturated rings. The van der Waals surface area contributed by atoms with Gasteiger partial charge in [-0.25, -0.2) is 4.79 Å². The van der Waals surface area contributed by atoms with Crippen LogP contribution in [-0.4, -0.2) is 41.7 Å². The second-order valence-electron chi connectivity index (χ2n) is 6.57. The molecule has 1 atom stereocenters. The van der Waals surface area contributed by atoms with Crippen molar-refractivity contribution >= 4 is 35.1 Å². The fourth-order valence-corrected chi connectivity index (χ4v) is 3.71. The van der Waals surface area contributed by atoms with Crippen LogP contribution in [0.1, 0.15) is 27.7 Å². The summed E-state index contributed by atoms with van der Waals surface area (Å²) in [5.41, 5.74) is 4.56. The molecule has 0 bridgehead atoms. The van der Waals surface area contributed by atoms with Crippen LogP contribution in [0.2, 0.25) is 0 Å². The topological polar surface area (TPSA) is 122 Å². The van der Waals surface area contributed by atoms with Crippen LogP contribution in [0.4, 0.5) is 4.79 Å². The van der Waals surface area contributed by atoms with Crippen molar-refractivity contribution in [2.24, 2.45) is 5.73 Å². The number of urea groups is 1. The molecule has 2 aromatic rings. The summed E-state index contributed by atoms with van der Waals surface area (Å²) in [6, 6.07) is 9.43. The normalized spacial score (nSPS) is 18.8. The van der Waals surface area contributed by atoms with Gasteiger partial charge in [-0.15, -0.1) is 11.3 Å². The Morgan fingerprint density at radius 3 is 2.71 bits per heavy atom. The molecule has 2 heterocycles. The van der Waals surface area contributed by atoms with Gasteiger partial charge < -0.3 is 16.4 Å². The Labute approximate surface area is 165 Å². The lowest BCUT2D eigenvalue weighted by Crippen LogP contribution is -2.43. The number of hydrogen-bond donors (Lipinski definition) is 3. The lowest BCUT2D eigenvalue weighted by Gasteiger charge is -2.22. The fraction of sp³-hybridized carbons (Fsp3) is 0.263. The van der Waals surface area contributed by atoms with Crippen LogP contribution in [-0.2, 0) is 21.5 Å². The molecule has 9 heteroatoms. The highest BCUT2D eigenvalue weighted by Gasteiger charge is 2.49. The highest BCUT2D eigenvalue weighted by molar-refractivity contribution is 7.09. The summed E-state index contributed by atoms with van der Waals surface area (Å²) >= 11 is 1.60. The summed E-state index contributed by atoms with van der Waals surface area (Å²) in [6.45, 7) is 1.57. The monoisotopic (exact) mass is 400 g/mol. The first-order valence-corrected chi connectivity index (χ1v) is 9.53. The maximum atomic E-state index is 12.9. The maximum Gasteiger partial charge on any atom is 0.325 e. The van der Waals surface area contributed by atoms with Crippen molar-refractivity contribution in [3.05, 3.63) is 57.8 Å². The standard InChI is InChI=1S/C19H20N4O4S/c1-19(13-5-2-4-12(10-13)16(20)25)17(26)23(18(27)22-19)11-15(24)21-8-7-14-6-3-9-28-14/h2-6,9-10H,7-8,11H2,1H3,(H2,20,25)(H,21,24)(H,22,27)/t19-/m1/s1. The van der Waals surface area contributed by atoms with Gasteiger partial charge >= 0.3 is 6.03 Å². The van der Waals surface area contributed by atoms with Crippen LogP contribution >= 0.6 is 11.3 Å². The first-order valence-electron chi connectivity index (χ1n) is 8.65. The van der Waals surface area contributed by atoms with Crippen LogP contribution in [0.3, 0.4) is 0 Å². The van der Waals surface area contributed by atoms with E-state index in [2.05, 4.69) is 10.6 Å². The molecular formula is C19H20N4O4S. The summed E-state index contributed by atoms with van der Waals surface area (Å²) < 4.78 is 0. The lowest BCUT2D eigenvalue weighted by atomic mass is 9.90. The minimum Gasteiger partial charge on any atom is -0.366 e. The zero-order valence-electron chi connectivity index (χ0n) is 15.2. The summed E-state index contributed by atoms with van der Waals surface area (Å²) in [6.07, 6.45) is 0.682. The zero-order chi connectivity index (χ0) is 20.3. The van der Waals surface area contributed by atoms with Crippen LogP contribution in [0.5, 0.6) is 0 Å². The van der Waals surface area contributed by atoms with Gasteiger partial charge in [0.1, 0.15) is 12.1 Å². The Morgan fingerprint density at radius 2 is 2.04 bits per heavy atom. The van der Waals surface area contributed by atoms with Crippen LogP contribution < -0.4 is 16.4 Å². The van der Waals surface area contributed by atoms with Gasteiger partial charge in [-0.1, -0.05) is 18.2 Å². The third kappa shape index (κ3) is 3.89. The van der Waals surface area contributed by atoms with Gasteiger partial charge in [0.15, 0.2) is 0 Å². The fourth-order valence-electron chi connectivity index (χ4n) is 3.00. The highest BCUT2D eigenvalue weighted by atomic mass is 32.1. The molecule has 0 aliphatic carbocycles. The highest BCUT2D eigenvalue weighted by Crippen LogP contribution is 2.29. The number of carbonyl (C=O) groups excluding carboxylic acids is 4. The third-order valence-corrected chi connectivity index (χ3v) is 5.51. The van der Waals surface area contributed by atoms with Crippen LogP contribution in [0, 0.1) is 0 Å². The number of nitrogens with two attached hydrogens (primary N) is 1. The van der Waals surface area contributed by atoms with E-state index in [0.717, 1.165) is 9.78 Å². The van der Waals surface area contributed by atoms with Gasteiger partial charge in [-0.2, -0.15) is 0 Å². The smallest absolute Gasteiger partial charge is 0.325 e. The van der Waals surface area contributed by atoms with E-state index in [9.17, 15) is 19.2 Å². The van der Waals surface area contributed by atoms with E-state index in [1.807, 2.05) is 17.5 Å². The second kappa shape index (κ2) is 7.81. The molecule has 1 aromatic carbocycles. The van der Waals surface area contributed by atoms with E-state index < -0.39 is 29.3 Å². The molecule has 146 valence electrons. The maximum absolute atomic E-state index is 12.9. The molecule has 1 aliphatic rings. The molecule has 28 heavy (non-hydrogen) atoms. The Kier molecular flexibility index (Phi) is 5.46. The first-order chi connectivity index (χ1) is 13.3. The van der Waals surface area contributed by atoms with E-state index in [1.165, 1.54) is 19.1 Å². The molecule has 4 N–H and O–H groups in total. The number of nitrogens with one attached hydrogen (secondary N) is 2. The van der Waals surface area contributed by atoms with Crippen LogP contribution in [0.25, 0.3) is 0 Å². The van der Waals surface area contributed by atoms with Crippen molar-refractivity contribution in [3.8, 4) is 0 Å². The number of thiophene rings is 1. The summed E-state index contributed by atoms with van der Waals surface area (Å²) in [5, 5.41) is 7.27. The minimum absolute atomic E-state index is 0.227. The van der Waals surface area contributed by atoms with Crippen molar-refractivity contribution in [1.29, 1.82) is 0 Å². The van der Waals surface area contributed by atoms with Gasteiger partial charge in [-0.3, -0.25) is 19.3 Å². The number of nitrogens with zero attached hydrogens (tertiary/aromatic N) is 1. The van der Waals surface area contributed by atoms with Crippen molar-refractivity contribution in [2.45, 2.75) is 18.9 Å². The summed E-state index contributed by atoms with van der Waals surface area (Å²) in [4.78, 5) is 50.8. The lowest BCUT2D eigenvalue weighted by molar-refractivity contribution is -0.134. The van der Waals surface area contributed by atoms with Gasteiger partial charge in [0.05, 0.1) is 0 Å². The Balaban J connectivity index is 1.66. The molecule has 8 nitrogen and oxygen atoms in total. The van der Waals surface area contributed by atoms with E-state index in [0.29, 0.717) is 18.5 Å². The number of rotatable bonds is 7. The number of primary amides is 1. The van der Waals surface area contributed by atoms with Gasteiger partial charge in [-0.05, 0) is 42.5 Å². The van der Waals surface area contributed by atoms with Gasteiger partial charge in [0.2, 0.25) is 11.8 Å². The van der Waals surface area contributed by atoms with E-state index in [-0.39, 0.29) is 12.1 Å². The van der Waals surface area contributed by atoms with E-state index in [4.69, 9.17) is 5.73 Å². The zero-order valence-corrected chi connectivity index (χ0v) is 16.0. The molecule has 0 unspecified atom stereocenters. The molecule has 1 aliphatic heterocycles. The number of benzene rings is 1. The summed E-state index contributed by atoms with van der Waals surface area (Å²) in [7, 11) is 0. The second-order valence-corrected chi connectivity index (χ2v) is 7.60. The van der Waals surface area contributed by atoms with Gasteiger partial charge in [0.25, 0.3) is 5.91 Å². The molecule has 0 spiro atoms. The Hall–Kier alpha value is -3.20. The summed E-state index contributed by atoms with van der Waals surface area (Å²) in [5.74, 6) is -1.62. The van der Waals surface area contributed by atoms with Gasteiger partial charge in [0, 0.05) is 17.0 Å². The quantitative estimate of drug-likeness (QED) is 0.600. The average molecular weight is 400 g/mol. The predicted molar refractivity (Wildman–Crippen MR) is 104 cm³/mol. The molecule has 1 saturated heterocycles.